The first-order valence-electron chi connectivity index (χ1n) is 21.1. The highest BCUT2D eigenvalue weighted by atomic mass is 16.5. The van der Waals surface area contributed by atoms with E-state index in [1.807, 2.05) is 59.6 Å². The molecule has 10 rings (SSSR count). The van der Waals surface area contributed by atoms with Gasteiger partial charge >= 0.3 is 0 Å². The van der Waals surface area contributed by atoms with E-state index in [1.54, 1.807) is 12.3 Å². The van der Waals surface area contributed by atoms with Crippen LogP contribution in [0.25, 0.3) is 22.0 Å². The van der Waals surface area contributed by atoms with E-state index in [-0.39, 0.29) is 24.7 Å². The third-order valence-electron chi connectivity index (χ3n) is 13.0. The van der Waals surface area contributed by atoms with Crippen molar-refractivity contribution >= 4 is 57.8 Å². The number of hydrogen-bond donors (Lipinski definition) is 3. The lowest BCUT2D eigenvalue weighted by molar-refractivity contribution is -0.136. The summed E-state index contributed by atoms with van der Waals surface area (Å²) in [5.41, 5.74) is 7.78. The SMILES string of the molecule is Cc1c(-c2ccc3cnc(Nc4ccc(C(=O)N5CCC(N6CCC(c7cccc8c7C(=O)N(C7CCC(=O)NC7=O)C8=O)CC6)CC5)cc4)nc3c2)cnc2c1NCCO2. The molecule has 3 saturated heterocycles. The molecule has 61 heavy (non-hydrogen) atoms. The highest BCUT2D eigenvalue weighted by Crippen LogP contribution is 2.39. The van der Waals surface area contributed by atoms with Crippen LogP contribution >= 0.6 is 0 Å². The summed E-state index contributed by atoms with van der Waals surface area (Å²) in [6.45, 7) is 6.43. The summed E-state index contributed by atoms with van der Waals surface area (Å²) in [5, 5.41) is 9.88. The van der Waals surface area contributed by atoms with Crippen LogP contribution in [0.15, 0.2) is 73.1 Å². The Hall–Kier alpha value is -6.74. The van der Waals surface area contributed by atoms with Gasteiger partial charge in [0, 0.05) is 66.7 Å². The largest absolute Gasteiger partial charge is 0.474 e. The Morgan fingerprint density at radius 3 is 2.44 bits per heavy atom. The Morgan fingerprint density at radius 2 is 1.66 bits per heavy atom. The molecule has 0 radical (unpaired) electrons. The number of hydrogen-bond acceptors (Lipinski definition) is 12. The standard InChI is InChI=1S/C46H45N9O6/c1-26-35(25-48-42-40(26)47-17-22-61-42)29-5-6-30-24-49-46(51-36(30)23-29)50-31-9-7-28(8-10-31)43(58)54-20-15-32(16-21-54)53-18-13-27(14-19-53)33-3-2-4-34-39(33)45(60)55(44(34)59)37-11-12-38(56)52-41(37)57/h2-10,23-25,27,32,37,47H,11-22H2,1H3,(H,49,50,51)(H,52,56,57). The molecule has 5 amide bonds. The van der Waals surface area contributed by atoms with Gasteiger partial charge in [-0.15, -0.1) is 0 Å². The van der Waals surface area contributed by atoms with Crippen LogP contribution in [0.2, 0.25) is 0 Å². The average Bonchev–Trinajstić information content (AvgIpc) is 3.55. The lowest BCUT2D eigenvalue weighted by atomic mass is 9.84. The maximum absolute atomic E-state index is 13.7. The van der Waals surface area contributed by atoms with Gasteiger partial charge in [0.1, 0.15) is 18.3 Å². The van der Waals surface area contributed by atoms with Crippen molar-refractivity contribution in [3.63, 3.8) is 0 Å². The number of imide groups is 2. The molecule has 0 saturated carbocycles. The second kappa shape index (κ2) is 15.7. The van der Waals surface area contributed by atoms with Gasteiger partial charge in [-0.05, 0) is 111 Å². The Kier molecular flexibility index (Phi) is 9.90. The number of nitrogens with zero attached hydrogens (tertiary/aromatic N) is 6. The molecule has 3 N–H and O–H groups in total. The summed E-state index contributed by atoms with van der Waals surface area (Å²) in [4.78, 5) is 84.3. The zero-order valence-electron chi connectivity index (χ0n) is 33.8. The third kappa shape index (κ3) is 7.11. The summed E-state index contributed by atoms with van der Waals surface area (Å²) in [6, 6.07) is 18.3. The van der Waals surface area contributed by atoms with E-state index in [0.717, 1.165) is 94.7 Å². The minimum atomic E-state index is -0.982. The van der Waals surface area contributed by atoms with Crippen LogP contribution in [0.1, 0.15) is 86.6 Å². The zero-order valence-corrected chi connectivity index (χ0v) is 33.8. The van der Waals surface area contributed by atoms with Gasteiger partial charge in [0.25, 0.3) is 17.7 Å². The fourth-order valence-corrected chi connectivity index (χ4v) is 9.66. The smallest absolute Gasteiger partial charge is 0.262 e. The molecule has 1 atom stereocenters. The maximum atomic E-state index is 13.7. The number of carbonyl (C=O) groups is 5. The van der Waals surface area contributed by atoms with Crippen LogP contribution in [0.3, 0.4) is 0 Å². The van der Waals surface area contributed by atoms with E-state index in [0.29, 0.717) is 54.3 Å². The van der Waals surface area contributed by atoms with Crippen LogP contribution in [0.5, 0.6) is 5.88 Å². The summed E-state index contributed by atoms with van der Waals surface area (Å²) >= 11 is 0. The zero-order chi connectivity index (χ0) is 41.8. The lowest BCUT2D eigenvalue weighted by Gasteiger charge is -2.42. The first kappa shape index (κ1) is 38.5. The molecule has 5 aliphatic heterocycles. The molecule has 1 unspecified atom stereocenters. The van der Waals surface area contributed by atoms with Gasteiger partial charge < -0.3 is 25.2 Å². The van der Waals surface area contributed by atoms with Crippen molar-refractivity contribution < 1.29 is 28.7 Å². The molecule has 5 aromatic rings. The Labute approximate surface area is 351 Å². The van der Waals surface area contributed by atoms with E-state index in [2.05, 4.69) is 43.8 Å². The molecule has 0 spiro atoms. The average molecular weight is 820 g/mol. The molecule has 5 aliphatic rings. The van der Waals surface area contributed by atoms with Crippen LogP contribution in [0, 0.1) is 6.92 Å². The molecular weight excluding hydrogens is 775 g/mol. The van der Waals surface area contributed by atoms with Gasteiger partial charge in [-0.3, -0.25) is 34.2 Å². The molecule has 2 aromatic heterocycles. The van der Waals surface area contributed by atoms with Crippen molar-refractivity contribution in [2.75, 3.05) is 50.0 Å². The van der Waals surface area contributed by atoms with Crippen molar-refractivity contribution in [2.24, 2.45) is 0 Å². The van der Waals surface area contributed by atoms with Gasteiger partial charge in [0.2, 0.25) is 23.6 Å². The number of pyridine rings is 1. The topological polar surface area (TPSA) is 179 Å². The minimum absolute atomic E-state index is 0.00964. The summed E-state index contributed by atoms with van der Waals surface area (Å²) in [7, 11) is 0. The highest BCUT2D eigenvalue weighted by molar-refractivity contribution is 6.24. The molecule has 0 bridgehead atoms. The minimum Gasteiger partial charge on any atom is -0.474 e. The molecule has 3 aromatic carbocycles. The number of benzene rings is 3. The quantitative estimate of drug-likeness (QED) is 0.178. The first-order chi connectivity index (χ1) is 29.7. The van der Waals surface area contributed by atoms with Crippen molar-refractivity contribution in [2.45, 2.75) is 63.5 Å². The normalized spacial score (nSPS) is 19.9. The van der Waals surface area contributed by atoms with E-state index < -0.39 is 29.7 Å². The molecule has 0 aliphatic carbocycles. The molecular formula is C46H45N9O6. The van der Waals surface area contributed by atoms with Crippen molar-refractivity contribution in [1.29, 1.82) is 0 Å². The predicted molar refractivity (Wildman–Crippen MR) is 227 cm³/mol. The molecule has 7 heterocycles. The fraction of sp³-hybridized carbons (Fsp3) is 0.348. The summed E-state index contributed by atoms with van der Waals surface area (Å²) in [6.07, 6.45) is 7.28. The molecule has 3 fully saturated rings. The number of amides is 5. The number of likely N-dealkylation sites (tertiary alicyclic amines) is 2. The van der Waals surface area contributed by atoms with Crippen molar-refractivity contribution in [3.05, 3.63) is 101 Å². The predicted octanol–water partition coefficient (Wildman–Crippen LogP) is 5.43. The Morgan fingerprint density at radius 1 is 0.852 bits per heavy atom. The second-order valence-electron chi connectivity index (χ2n) is 16.5. The fourth-order valence-electron chi connectivity index (χ4n) is 9.66. The number of carbonyl (C=O) groups excluding carboxylic acids is 5. The van der Waals surface area contributed by atoms with Gasteiger partial charge in [-0.2, -0.15) is 0 Å². The number of rotatable bonds is 7. The Balaban J connectivity index is 0.732. The number of fused-ring (bicyclic) bond motifs is 3. The number of nitrogens with one attached hydrogen (secondary N) is 3. The lowest BCUT2D eigenvalue weighted by Crippen LogP contribution is -2.54. The second-order valence-corrected chi connectivity index (χ2v) is 16.5. The van der Waals surface area contributed by atoms with Gasteiger partial charge in [0.05, 0.1) is 16.6 Å². The van der Waals surface area contributed by atoms with Crippen LogP contribution < -0.4 is 20.7 Å². The third-order valence-corrected chi connectivity index (χ3v) is 13.0. The van der Waals surface area contributed by atoms with Gasteiger partial charge in [-0.25, -0.2) is 15.0 Å². The van der Waals surface area contributed by atoms with Gasteiger partial charge in [0.15, 0.2) is 0 Å². The Bertz CT molecular complexity index is 2620. The molecule has 15 heteroatoms. The monoisotopic (exact) mass is 819 g/mol. The number of piperidine rings is 3. The molecule has 310 valence electrons. The first-order valence-corrected chi connectivity index (χ1v) is 21.1. The molecule has 15 nitrogen and oxygen atoms in total. The summed E-state index contributed by atoms with van der Waals surface area (Å²) < 4.78 is 5.71. The number of ether oxygens (including phenoxy) is 1. The van der Waals surface area contributed by atoms with Crippen molar-refractivity contribution in [3.8, 4) is 17.0 Å². The summed E-state index contributed by atoms with van der Waals surface area (Å²) in [5.74, 6) is -0.727. The highest BCUT2D eigenvalue weighted by Gasteiger charge is 2.46. The maximum Gasteiger partial charge on any atom is 0.262 e. The van der Waals surface area contributed by atoms with Crippen LogP contribution in [0.4, 0.5) is 17.3 Å². The van der Waals surface area contributed by atoms with Crippen LogP contribution in [-0.2, 0) is 9.59 Å². The van der Waals surface area contributed by atoms with E-state index in [9.17, 15) is 24.0 Å². The van der Waals surface area contributed by atoms with E-state index >= 15 is 0 Å². The number of aromatic nitrogens is 3. The van der Waals surface area contributed by atoms with E-state index in [4.69, 9.17) is 9.72 Å². The number of anilines is 3. The van der Waals surface area contributed by atoms with Crippen molar-refractivity contribution in [1.82, 2.24) is 35.0 Å². The van der Waals surface area contributed by atoms with E-state index in [1.165, 1.54) is 0 Å². The van der Waals surface area contributed by atoms with Gasteiger partial charge in [-0.1, -0.05) is 24.3 Å². The van der Waals surface area contributed by atoms with Crippen LogP contribution in [-0.4, -0.2) is 111 Å².